The molecular formula is C35H35N3O4S. The number of nitrogens with zero attached hydrogens (tertiary/aromatic N) is 3. The highest BCUT2D eigenvalue weighted by atomic mass is 32.1. The summed E-state index contributed by atoms with van der Waals surface area (Å²) in [6.07, 6.45) is 5.75. The van der Waals surface area contributed by atoms with Crippen molar-refractivity contribution < 1.29 is 19.4 Å². The maximum absolute atomic E-state index is 13.7. The first-order valence-corrected chi connectivity index (χ1v) is 16.1. The van der Waals surface area contributed by atoms with E-state index in [0.29, 0.717) is 32.2 Å². The summed E-state index contributed by atoms with van der Waals surface area (Å²) in [6.45, 7) is 4.46. The summed E-state index contributed by atoms with van der Waals surface area (Å²) in [6, 6.07) is 18.1. The van der Waals surface area contributed by atoms with Crippen LogP contribution >= 0.6 is 11.3 Å². The van der Waals surface area contributed by atoms with Crippen molar-refractivity contribution in [1.82, 2.24) is 14.5 Å². The molecule has 2 aromatic carbocycles. The molecule has 1 saturated carbocycles. The number of fused-ring (bicyclic) bond motifs is 2. The van der Waals surface area contributed by atoms with Crippen LogP contribution in [0.15, 0.2) is 60.0 Å². The molecule has 220 valence electrons. The summed E-state index contributed by atoms with van der Waals surface area (Å²) in [5.74, 6) is -0.598. The molecule has 1 amide bonds. The summed E-state index contributed by atoms with van der Waals surface area (Å²) in [5.41, 5.74) is 7.43. The number of amides is 1. The van der Waals surface area contributed by atoms with Crippen LogP contribution in [0.3, 0.4) is 0 Å². The summed E-state index contributed by atoms with van der Waals surface area (Å²) < 4.78 is 7.58. The van der Waals surface area contributed by atoms with Gasteiger partial charge in [0, 0.05) is 23.9 Å². The van der Waals surface area contributed by atoms with Crippen LogP contribution in [-0.2, 0) is 16.1 Å². The van der Waals surface area contributed by atoms with Crippen LogP contribution in [0.2, 0.25) is 0 Å². The monoisotopic (exact) mass is 593 g/mol. The molecule has 8 heteroatoms. The summed E-state index contributed by atoms with van der Waals surface area (Å²) in [5, 5.41) is 14.1. The highest BCUT2D eigenvalue weighted by molar-refractivity contribution is 7.13. The highest BCUT2D eigenvalue weighted by Crippen LogP contribution is 2.45. The molecule has 1 saturated heterocycles. The molecule has 0 unspecified atom stereocenters. The minimum absolute atomic E-state index is 0.0239. The van der Waals surface area contributed by atoms with Gasteiger partial charge in [-0.25, -0.2) is 9.78 Å². The van der Waals surface area contributed by atoms with Gasteiger partial charge in [0.1, 0.15) is 6.54 Å². The number of morpholine rings is 1. The third-order valence-electron chi connectivity index (χ3n) is 9.08. The third kappa shape index (κ3) is 5.23. The van der Waals surface area contributed by atoms with Crippen LogP contribution in [0.4, 0.5) is 0 Å². The zero-order valence-electron chi connectivity index (χ0n) is 24.3. The highest BCUT2D eigenvalue weighted by Gasteiger charge is 2.29. The van der Waals surface area contributed by atoms with E-state index in [-0.39, 0.29) is 18.0 Å². The van der Waals surface area contributed by atoms with Gasteiger partial charge in [-0.3, -0.25) is 4.79 Å². The molecule has 43 heavy (non-hydrogen) atoms. The van der Waals surface area contributed by atoms with E-state index in [1.807, 2.05) is 11.0 Å². The zero-order valence-corrected chi connectivity index (χ0v) is 25.2. The van der Waals surface area contributed by atoms with Crippen LogP contribution in [0.25, 0.3) is 43.6 Å². The fourth-order valence-electron chi connectivity index (χ4n) is 6.87. The second-order valence-electron chi connectivity index (χ2n) is 11.8. The number of ether oxygens (including phenoxy) is 1. The van der Waals surface area contributed by atoms with E-state index in [0.717, 1.165) is 51.6 Å². The van der Waals surface area contributed by atoms with Gasteiger partial charge in [0.25, 0.3) is 0 Å². The summed E-state index contributed by atoms with van der Waals surface area (Å²) in [4.78, 5) is 33.8. The molecule has 2 fully saturated rings. The standard InChI is InChI=1S/C35H35N3O4S/c1-22-13-18-43-34(22)29-12-8-24-19-25(9-11-28(24)36-29)33-32(23-5-3-2-4-6-23)27-10-7-26(35(40)41)20-30(27)38(33)21-31(39)37-14-16-42-17-15-37/h7-13,18-20,23H,2-6,14-17,21H2,1H3,(H,40,41). The van der Waals surface area contributed by atoms with Gasteiger partial charge in [0.2, 0.25) is 5.91 Å². The van der Waals surface area contributed by atoms with E-state index < -0.39 is 5.97 Å². The minimum atomic E-state index is -0.969. The molecule has 1 aliphatic heterocycles. The molecule has 3 aromatic heterocycles. The summed E-state index contributed by atoms with van der Waals surface area (Å²) >= 11 is 1.70. The Morgan fingerprint density at radius 2 is 1.81 bits per heavy atom. The third-order valence-corrected chi connectivity index (χ3v) is 10.1. The van der Waals surface area contributed by atoms with Gasteiger partial charge in [-0.15, -0.1) is 11.3 Å². The normalized spacial score (nSPS) is 16.3. The predicted molar refractivity (Wildman–Crippen MR) is 171 cm³/mol. The van der Waals surface area contributed by atoms with Crippen molar-refractivity contribution in [2.24, 2.45) is 0 Å². The van der Waals surface area contributed by atoms with E-state index in [2.05, 4.69) is 53.3 Å². The second-order valence-corrected chi connectivity index (χ2v) is 12.7. The topological polar surface area (TPSA) is 84.7 Å². The molecule has 1 aliphatic carbocycles. The number of pyridine rings is 1. The van der Waals surface area contributed by atoms with Crippen molar-refractivity contribution in [2.75, 3.05) is 26.3 Å². The van der Waals surface area contributed by atoms with Gasteiger partial charge in [-0.05, 0) is 84.2 Å². The van der Waals surface area contributed by atoms with Crippen molar-refractivity contribution >= 4 is 45.0 Å². The maximum Gasteiger partial charge on any atom is 0.335 e. The molecule has 0 atom stereocenters. The number of hydrogen-bond donors (Lipinski definition) is 1. The quantitative estimate of drug-likeness (QED) is 0.220. The lowest BCUT2D eigenvalue weighted by Crippen LogP contribution is -2.42. The van der Waals surface area contributed by atoms with Crippen LogP contribution in [0.1, 0.15) is 59.5 Å². The van der Waals surface area contributed by atoms with Crippen molar-refractivity contribution in [3.8, 4) is 21.8 Å². The van der Waals surface area contributed by atoms with Crippen molar-refractivity contribution in [3.63, 3.8) is 0 Å². The van der Waals surface area contributed by atoms with Crippen molar-refractivity contribution in [3.05, 3.63) is 76.7 Å². The molecule has 4 heterocycles. The van der Waals surface area contributed by atoms with E-state index in [1.165, 1.54) is 35.3 Å². The Morgan fingerprint density at radius 3 is 2.56 bits per heavy atom. The van der Waals surface area contributed by atoms with E-state index >= 15 is 0 Å². The molecule has 0 radical (unpaired) electrons. The van der Waals surface area contributed by atoms with Gasteiger partial charge < -0.3 is 19.3 Å². The maximum atomic E-state index is 13.7. The largest absolute Gasteiger partial charge is 0.478 e. The number of hydrogen-bond acceptors (Lipinski definition) is 5. The average Bonchev–Trinajstić information content (AvgIpc) is 3.62. The van der Waals surface area contributed by atoms with E-state index in [4.69, 9.17) is 9.72 Å². The molecule has 2 aliphatic rings. The average molecular weight is 594 g/mol. The number of aromatic carboxylic acids is 1. The molecule has 7 nitrogen and oxygen atoms in total. The lowest BCUT2D eigenvalue weighted by molar-refractivity contribution is -0.135. The van der Waals surface area contributed by atoms with E-state index in [1.54, 1.807) is 23.5 Å². The van der Waals surface area contributed by atoms with E-state index in [9.17, 15) is 14.7 Å². The van der Waals surface area contributed by atoms with Crippen LogP contribution in [0, 0.1) is 6.92 Å². The smallest absolute Gasteiger partial charge is 0.335 e. The van der Waals surface area contributed by atoms with Crippen LogP contribution in [-0.4, -0.2) is 57.7 Å². The predicted octanol–water partition coefficient (Wildman–Crippen LogP) is 7.50. The Morgan fingerprint density at radius 1 is 1.00 bits per heavy atom. The fraction of sp³-hybridized carbons (Fsp3) is 0.343. The Labute approximate surface area is 254 Å². The van der Waals surface area contributed by atoms with Crippen molar-refractivity contribution in [1.29, 1.82) is 0 Å². The second kappa shape index (κ2) is 11.6. The number of benzene rings is 2. The number of carboxylic acid groups (broad SMARTS) is 1. The first-order valence-electron chi connectivity index (χ1n) is 15.2. The first-order chi connectivity index (χ1) is 21.0. The number of carbonyl (C=O) groups excluding carboxylic acids is 1. The Hall–Kier alpha value is -4.01. The molecule has 5 aromatic rings. The van der Waals surface area contributed by atoms with Gasteiger partial charge in [0.15, 0.2) is 0 Å². The fourth-order valence-corrected chi connectivity index (χ4v) is 7.77. The number of rotatable bonds is 6. The van der Waals surface area contributed by atoms with Gasteiger partial charge in [-0.1, -0.05) is 37.5 Å². The Kier molecular flexibility index (Phi) is 7.49. The van der Waals surface area contributed by atoms with Gasteiger partial charge in [0.05, 0.1) is 46.1 Å². The SMILES string of the molecule is Cc1ccsc1-c1ccc2cc(-c3c(C4CCCCC4)c4ccc(C(=O)O)cc4n3CC(=O)N3CCOCC3)ccc2n1. The van der Waals surface area contributed by atoms with Crippen LogP contribution < -0.4 is 0 Å². The first kappa shape index (κ1) is 27.8. The molecule has 0 bridgehead atoms. The molecule has 7 rings (SSSR count). The number of aromatic nitrogens is 2. The summed E-state index contributed by atoms with van der Waals surface area (Å²) in [7, 11) is 0. The number of carbonyl (C=O) groups is 2. The minimum Gasteiger partial charge on any atom is -0.478 e. The number of carboxylic acids is 1. The van der Waals surface area contributed by atoms with Crippen molar-refractivity contribution in [2.45, 2.75) is 51.5 Å². The Balaban J connectivity index is 1.42. The Bertz CT molecular complexity index is 1840. The van der Waals surface area contributed by atoms with Gasteiger partial charge in [-0.2, -0.15) is 0 Å². The van der Waals surface area contributed by atoms with Crippen LogP contribution in [0.5, 0.6) is 0 Å². The molecular weight excluding hydrogens is 558 g/mol. The molecule has 0 spiro atoms. The number of thiophene rings is 1. The lowest BCUT2D eigenvalue weighted by Gasteiger charge is -2.28. The zero-order chi connectivity index (χ0) is 29.5. The molecule has 1 N–H and O–H groups in total. The van der Waals surface area contributed by atoms with Gasteiger partial charge >= 0.3 is 5.97 Å². The lowest BCUT2D eigenvalue weighted by atomic mass is 9.81. The number of aryl methyl sites for hydroxylation is 1.